The van der Waals surface area contributed by atoms with E-state index >= 15 is 0 Å². The molecular weight excluding hydrogens is 329 g/mol. The molecule has 0 aliphatic carbocycles. The monoisotopic (exact) mass is 359 g/mol. The lowest BCUT2D eigenvalue weighted by Crippen LogP contribution is -2.57. The van der Waals surface area contributed by atoms with E-state index in [4.69, 9.17) is 0 Å². The van der Waals surface area contributed by atoms with Crippen LogP contribution in [-0.4, -0.2) is 20.5 Å². The van der Waals surface area contributed by atoms with Gasteiger partial charge in [0.25, 0.3) is 0 Å². The van der Waals surface area contributed by atoms with Gasteiger partial charge < -0.3 is 4.00 Å². The number of hydrogen-bond acceptors (Lipinski definition) is 1. The minimum absolute atomic E-state index is 0.315. The topological polar surface area (TPSA) is 3.24 Å². The third-order valence-electron chi connectivity index (χ3n) is 3.74. The van der Waals surface area contributed by atoms with Crippen LogP contribution in [-0.2, 0) is 6.16 Å². The zero-order chi connectivity index (χ0) is 17.1. The van der Waals surface area contributed by atoms with Crippen LogP contribution in [0.3, 0.4) is 0 Å². The van der Waals surface area contributed by atoms with Crippen molar-refractivity contribution in [1.29, 1.82) is 0 Å². The fourth-order valence-corrected chi connectivity index (χ4v) is 20.0. The molecule has 2 rings (SSSR count). The summed E-state index contributed by atoms with van der Waals surface area (Å²) >= 11 is 0. The first kappa shape index (κ1) is 18.6. The Hall–Kier alpha value is -0.736. The maximum atomic E-state index is 3.00. The fraction of sp³-hybridized carbons (Fsp3) is 0.368. The molecule has 0 fully saturated rings. The van der Waals surface area contributed by atoms with Gasteiger partial charge in [0.2, 0.25) is 0 Å². The molecule has 1 nitrogen and oxygen atoms in total. The minimum atomic E-state index is -1.40. The van der Waals surface area contributed by atoms with Gasteiger partial charge in [-0.25, -0.2) is 0 Å². The van der Waals surface area contributed by atoms with Crippen LogP contribution >= 0.6 is 8.07 Å². The summed E-state index contributed by atoms with van der Waals surface area (Å²) in [6.07, 6.45) is 1.16. The van der Waals surface area contributed by atoms with Gasteiger partial charge in [-0.1, -0.05) is 99.9 Å². The van der Waals surface area contributed by atoms with Crippen LogP contribution in [0.15, 0.2) is 60.7 Å². The molecule has 2 aromatic rings. The maximum absolute atomic E-state index is 3.00. The predicted octanol–water partition coefficient (Wildman–Crippen LogP) is 5.88. The first-order chi connectivity index (χ1) is 10.7. The summed E-state index contributed by atoms with van der Waals surface area (Å²) < 4.78 is 3.00. The van der Waals surface area contributed by atoms with Crippen LogP contribution in [0.4, 0.5) is 0 Å². The summed E-state index contributed by atoms with van der Waals surface area (Å²) in [6.45, 7) is 15.1. The van der Waals surface area contributed by atoms with E-state index in [9.17, 15) is 0 Å². The molecular formula is C19H30NPSi2. The van der Waals surface area contributed by atoms with Gasteiger partial charge in [-0.2, -0.15) is 0 Å². The van der Waals surface area contributed by atoms with Gasteiger partial charge in [0.15, 0.2) is 0 Å². The molecule has 0 heterocycles. The molecule has 1 unspecified atom stereocenters. The van der Waals surface area contributed by atoms with Crippen molar-refractivity contribution in [2.24, 2.45) is 0 Å². The second-order valence-corrected chi connectivity index (χ2v) is 20.8. The van der Waals surface area contributed by atoms with Crippen molar-refractivity contribution >= 4 is 29.8 Å². The number of hydrogen-bond donors (Lipinski definition) is 0. The van der Waals surface area contributed by atoms with Crippen LogP contribution in [0.25, 0.3) is 0 Å². The van der Waals surface area contributed by atoms with Gasteiger partial charge in [0.05, 0.1) is 0 Å². The first-order valence-electron chi connectivity index (χ1n) is 8.36. The molecule has 1 atom stereocenters. The van der Waals surface area contributed by atoms with Crippen molar-refractivity contribution in [2.45, 2.75) is 45.4 Å². The van der Waals surface area contributed by atoms with Crippen molar-refractivity contribution in [3.63, 3.8) is 0 Å². The summed E-state index contributed by atoms with van der Waals surface area (Å²) in [6, 6.07) is 22.2. The van der Waals surface area contributed by atoms with Gasteiger partial charge in [0, 0.05) is 6.16 Å². The largest absolute Gasteiger partial charge is 0.320 e. The average Bonchev–Trinajstić information content (AvgIpc) is 2.46. The molecule has 0 saturated heterocycles. The standard InChI is InChI=1S/C19H30NPSi2/c1-22(2,3)20(23(4,5)6)21(19-15-11-8-12-16-19)17-18-13-9-7-10-14-18/h7-16H,17H2,1-6H3. The highest BCUT2D eigenvalue weighted by Gasteiger charge is 2.39. The summed E-state index contributed by atoms with van der Waals surface area (Å²) in [4.78, 5) is 0. The van der Waals surface area contributed by atoms with Crippen LogP contribution in [0, 0.1) is 0 Å². The Kier molecular flexibility index (Phi) is 6.01. The zero-order valence-electron chi connectivity index (χ0n) is 15.4. The molecule has 124 valence electrons. The van der Waals surface area contributed by atoms with Gasteiger partial charge in [-0.15, -0.1) is 0 Å². The third kappa shape index (κ3) is 5.12. The van der Waals surface area contributed by atoms with Crippen molar-refractivity contribution in [2.75, 3.05) is 0 Å². The van der Waals surface area contributed by atoms with Gasteiger partial charge in [-0.05, 0) is 18.9 Å². The van der Waals surface area contributed by atoms with E-state index in [1.165, 1.54) is 10.9 Å². The maximum Gasteiger partial charge on any atom is 0.116 e. The van der Waals surface area contributed by atoms with E-state index in [0.29, 0.717) is 0 Å². The normalized spacial score (nSPS) is 14.0. The molecule has 0 aliphatic rings. The summed E-state index contributed by atoms with van der Waals surface area (Å²) in [7, 11) is -3.11. The van der Waals surface area contributed by atoms with Crippen molar-refractivity contribution in [3.8, 4) is 0 Å². The number of nitrogens with zero attached hydrogens (tertiary/aromatic N) is 1. The molecule has 0 aliphatic heterocycles. The second-order valence-electron chi connectivity index (χ2n) is 8.03. The van der Waals surface area contributed by atoms with E-state index in [1.807, 2.05) is 0 Å². The van der Waals surface area contributed by atoms with Crippen molar-refractivity contribution in [3.05, 3.63) is 66.2 Å². The highest BCUT2D eigenvalue weighted by atomic mass is 31.1. The molecule has 0 bridgehead atoms. The predicted molar refractivity (Wildman–Crippen MR) is 112 cm³/mol. The van der Waals surface area contributed by atoms with Gasteiger partial charge >= 0.3 is 0 Å². The van der Waals surface area contributed by atoms with E-state index < -0.39 is 16.5 Å². The second kappa shape index (κ2) is 7.44. The lowest BCUT2D eigenvalue weighted by atomic mass is 10.2. The lowest BCUT2D eigenvalue weighted by Gasteiger charge is -2.49. The van der Waals surface area contributed by atoms with Crippen LogP contribution in [0.5, 0.6) is 0 Å². The Morgan fingerprint density at radius 3 is 1.57 bits per heavy atom. The summed E-state index contributed by atoms with van der Waals surface area (Å²) in [5.41, 5.74) is 1.46. The molecule has 2 aromatic carbocycles. The van der Waals surface area contributed by atoms with Crippen LogP contribution < -0.4 is 5.30 Å². The van der Waals surface area contributed by atoms with E-state index in [1.54, 1.807) is 0 Å². The van der Waals surface area contributed by atoms with Crippen molar-refractivity contribution in [1.82, 2.24) is 4.00 Å². The minimum Gasteiger partial charge on any atom is -0.320 e. The number of benzene rings is 2. The molecule has 0 aromatic heterocycles. The molecule has 0 saturated carbocycles. The van der Waals surface area contributed by atoms with Gasteiger partial charge in [0.1, 0.15) is 16.5 Å². The van der Waals surface area contributed by atoms with Crippen molar-refractivity contribution < 1.29 is 0 Å². The van der Waals surface area contributed by atoms with Gasteiger partial charge in [-0.3, -0.25) is 0 Å². The average molecular weight is 360 g/mol. The smallest absolute Gasteiger partial charge is 0.116 e. The molecule has 0 radical (unpaired) electrons. The lowest BCUT2D eigenvalue weighted by molar-refractivity contribution is 0.966. The van der Waals surface area contributed by atoms with E-state index in [0.717, 1.165) is 6.16 Å². The summed E-state index contributed by atoms with van der Waals surface area (Å²) in [5, 5.41) is 1.52. The Bertz CT molecular complexity index is 589. The molecule has 0 amide bonds. The zero-order valence-corrected chi connectivity index (χ0v) is 18.3. The fourth-order valence-electron chi connectivity index (χ4n) is 3.36. The molecule has 0 spiro atoms. The molecule has 0 N–H and O–H groups in total. The Labute approximate surface area is 145 Å². The highest BCUT2D eigenvalue weighted by Crippen LogP contribution is 2.49. The summed E-state index contributed by atoms with van der Waals surface area (Å²) in [5.74, 6) is 0. The number of rotatable bonds is 6. The third-order valence-corrected chi connectivity index (χ3v) is 17.4. The quantitative estimate of drug-likeness (QED) is 0.460. The Balaban J connectivity index is 2.47. The van der Waals surface area contributed by atoms with Crippen LogP contribution in [0.2, 0.25) is 39.3 Å². The SMILES string of the molecule is C[Si](C)(C)N(P(Cc1ccccc1)c1ccccc1)[Si](C)(C)C. The molecule has 4 heteroatoms. The first-order valence-corrected chi connectivity index (χ1v) is 16.7. The Morgan fingerprint density at radius 1 is 0.696 bits per heavy atom. The molecule has 23 heavy (non-hydrogen) atoms. The highest BCUT2D eigenvalue weighted by molar-refractivity contribution is 7.66. The van der Waals surface area contributed by atoms with Crippen LogP contribution in [0.1, 0.15) is 5.56 Å². The Morgan fingerprint density at radius 2 is 1.13 bits per heavy atom. The van der Waals surface area contributed by atoms with E-state index in [-0.39, 0.29) is 8.07 Å². The van der Waals surface area contributed by atoms with E-state index in [2.05, 4.69) is 104 Å².